The first-order valence-electron chi connectivity index (χ1n) is 6.42. The molecule has 0 radical (unpaired) electrons. The van der Waals surface area contributed by atoms with Crippen LogP contribution in [0.4, 0.5) is 5.69 Å². The van der Waals surface area contributed by atoms with E-state index in [1.807, 2.05) is 7.05 Å². The van der Waals surface area contributed by atoms with Gasteiger partial charge in [-0.2, -0.15) is 5.26 Å². The third-order valence-corrected chi connectivity index (χ3v) is 3.60. The fraction of sp³-hybridized carbons (Fsp3) is 0.500. The Hall–Kier alpha value is -1.89. The first-order valence-corrected chi connectivity index (χ1v) is 6.42. The van der Waals surface area contributed by atoms with E-state index in [0.29, 0.717) is 12.2 Å². The second-order valence-electron chi connectivity index (χ2n) is 4.63. The lowest BCUT2D eigenvalue weighted by molar-refractivity contribution is 0.273. The normalized spacial score (nSPS) is 16.7. The summed E-state index contributed by atoms with van der Waals surface area (Å²) in [5, 5.41) is 12.6. The predicted octanol–water partition coefficient (Wildman–Crippen LogP) is 2.25. The number of benzene rings is 1. The molecule has 0 atom stereocenters. The summed E-state index contributed by atoms with van der Waals surface area (Å²) in [6.07, 6.45) is 3.79. The molecular formula is C14H16N2O2. The monoisotopic (exact) mass is 244 g/mol. The molecule has 3 rings (SSSR count). The number of nitrogens with one attached hydrogen (secondary N) is 1. The quantitative estimate of drug-likeness (QED) is 0.823. The van der Waals surface area contributed by atoms with Crippen LogP contribution >= 0.6 is 0 Å². The summed E-state index contributed by atoms with van der Waals surface area (Å²) >= 11 is 0. The van der Waals surface area contributed by atoms with Crippen molar-refractivity contribution in [1.82, 2.24) is 0 Å². The van der Waals surface area contributed by atoms with Crippen LogP contribution in [0.1, 0.15) is 29.5 Å². The molecule has 0 fully saturated rings. The molecule has 0 aliphatic carbocycles. The van der Waals surface area contributed by atoms with E-state index in [9.17, 15) is 5.26 Å². The van der Waals surface area contributed by atoms with Crippen LogP contribution in [0.25, 0.3) is 0 Å². The van der Waals surface area contributed by atoms with Gasteiger partial charge in [0, 0.05) is 18.2 Å². The summed E-state index contributed by atoms with van der Waals surface area (Å²) < 4.78 is 11.5. The Bertz CT molecular complexity index is 495. The lowest BCUT2D eigenvalue weighted by Crippen LogP contribution is -2.18. The average Bonchev–Trinajstić information content (AvgIpc) is 2.44. The van der Waals surface area contributed by atoms with Crippen LogP contribution < -0.4 is 14.8 Å². The van der Waals surface area contributed by atoms with Crippen LogP contribution in [0.3, 0.4) is 0 Å². The molecule has 0 aromatic heterocycles. The maximum atomic E-state index is 9.41. The van der Waals surface area contributed by atoms with Crippen molar-refractivity contribution >= 4 is 5.69 Å². The molecule has 0 saturated heterocycles. The third-order valence-electron chi connectivity index (χ3n) is 3.60. The van der Waals surface area contributed by atoms with Gasteiger partial charge in [-0.05, 0) is 25.7 Å². The van der Waals surface area contributed by atoms with Crippen molar-refractivity contribution in [1.29, 1.82) is 5.26 Å². The minimum absolute atomic E-state index is 0.679. The van der Waals surface area contributed by atoms with E-state index < -0.39 is 0 Å². The van der Waals surface area contributed by atoms with Gasteiger partial charge in [-0.3, -0.25) is 0 Å². The number of hydrogen-bond donors (Lipinski definition) is 1. The topological polar surface area (TPSA) is 54.3 Å². The van der Waals surface area contributed by atoms with Crippen molar-refractivity contribution in [3.8, 4) is 17.6 Å². The molecule has 0 saturated carbocycles. The standard InChI is InChI=1S/C14H16N2O2/c1-16-12-10-5-3-6-17-13(10)11(8-15)9-4-2-7-18-14(9)12/h16H,2-7H2,1H3. The molecule has 94 valence electrons. The number of rotatable bonds is 1. The lowest BCUT2D eigenvalue weighted by atomic mass is 9.92. The Kier molecular flexibility index (Phi) is 2.75. The van der Waals surface area contributed by atoms with Gasteiger partial charge in [0.05, 0.1) is 18.9 Å². The van der Waals surface area contributed by atoms with Gasteiger partial charge in [-0.15, -0.1) is 0 Å². The van der Waals surface area contributed by atoms with Gasteiger partial charge in [-0.1, -0.05) is 0 Å². The molecule has 4 heteroatoms. The van der Waals surface area contributed by atoms with Crippen LogP contribution in [-0.4, -0.2) is 20.3 Å². The van der Waals surface area contributed by atoms with E-state index in [1.54, 1.807) is 0 Å². The van der Waals surface area contributed by atoms with E-state index in [4.69, 9.17) is 9.47 Å². The summed E-state index contributed by atoms with van der Waals surface area (Å²) in [7, 11) is 1.90. The molecule has 4 nitrogen and oxygen atoms in total. The zero-order chi connectivity index (χ0) is 12.5. The predicted molar refractivity (Wildman–Crippen MR) is 68.3 cm³/mol. The van der Waals surface area contributed by atoms with Crippen molar-refractivity contribution in [3.63, 3.8) is 0 Å². The molecule has 0 spiro atoms. The molecule has 0 unspecified atom stereocenters. The largest absolute Gasteiger partial charge is 0.492 e. The van der Waals surface area contributed by atoms with Gasteiger partial charge < -0.3 is 14.8 Å². The van der Waals surface area contributed by atoms with Crippen molar-refractivity contribution in [3.05, 3.63) is 16.7 Å². The van der Waals surface area contributed by atoms with Crippen LogP contribution in [0, 0.1) is 11.3 Å². The Morgan fingerprint density at radius 3 is 2.39 bits per heavy atom. The Labute approximate surface area is 107 Å². The SMILES string of the molecule is CNc1c2c(c(C#N)c3c1OCCC3)OCCC2. The Balaban J connectivity index is 2.30. The highest BCUT2D eigenvalue weighted by Gasteiger charge is 2.28. The van der Waals surface area contributed by atoms with E-state index in [1.165, 1.54) is 0 Å². The van der Waals surface area contributed by atoms with Crippen molar-refractivity contribution < 1.29 is 9.47 Å². The summed E-state index contributed by atoms with van der Waals surface area (Å²) in [6, 6.07) is 2.30. The fourth-order valence-electron chi connectivity index (χ4n) is 2.83. The minimum Gasteiger partial charge on any atom is -0.492 e. The number of ether oxygens (including phenoxy) is 2. The number of anilines is 1. The first-order chi connectivity index (χ1) is 8.86. The first kappa shape index (κ1) is 11.2. The second kappa shape index (κ2) is 4.41. The molecule has 0 bridgehead atoms. The van der Waals surface area contributed by atoms with Crippen LogP contribution in [0.5, 0.6) is 11.5 Å². The highest BCUT2D eigenvalue weighted by molar-refractivity contribution is 5.75. The molecule has 2 heterocycles. The molecule has 0 amide bonds. The maximum absolute atomic E-state index is 9.41. The maximum Gasteiger partial charge on any atom is 0.147 e. The Morgan fingerprint density at radius 2 is 1.72 bits per heavy atom. The molecule has 1 aromatic carbocycles. The van der Waals surface area contributed by atoms with Gasteiger partial charge in [-0.25, -0.2) is 0 Å². The van der Waals surface area contributed by atoms with Crippen molar-refractivity contribution in [2.75, 3.05) is 25.6 Å². The van der Waals surface area contributed by atoms with Gasteiger partial charge in [0.2, 0.25) is 0 Å². The van der Waals surface area contributed by atoms with E-state index in [2.05, 4.69) is 11.4 Å². The summed E-state index contributed by atoms with van der Waals surface area (Å²) in [5.41, 5.74) is 3.80. The minimum atomic E-state index is 0.679. The molecule has 1 aromatic rings. The molecule has 2 aliphatic rings. The second-order valence-corrected chi connectivity index (χ2v) is 4.63. The van der Waals surface area contributed by atoms with Gasteiger partial charge in [0.25, 0.3) is 0 Å². The van der Waals surface area contributed by atoms with E-state index in [-0.39, 0.29) is 0 Å². The van der Waals surface area contributed by atoms with Crippen molar-refractivity contribution in [2.24, 2.45) is 0 Å². The number of hydrogen-bond acceptors (Lipinski definition) is 4. The number of nitriles is 1. The molecule has 18 heavy (non-hydrogen) atoms. The summed E-state index contributed by atoms with van der Waals surface area (Å²) in [6.45, 7) is 1.43. The summed E-state index contributed by atoms with van der Waals surface area (Å²) in [4.78, 5) is 0. The van der Waals surface area contributed by atoms with Crippen LogP contribution in [0.15, 0.2) is 0 Å². The average molecular weight is 244 g/mol. The molecule has 2 aliphatic heterocycles. The molecule has 1 N–H and O–H groups in total. The van der Waals surface area contributed by atoms with E-state index >= 15 is 0 Å². The van der Waals surface area contributed by atoms with Crippen LogP contribution in [-0.2, 0) is 12.8 Å². The number of fused-ring (bicyclic) bond motifs is 2. The lowest BCUT2D eigenvalue weighted by Gasteiger charge is -2.28. The van der Waals surface area contributed by atoms with Gasteiger partial charge in [0.1, 0.15) is 23.1 Å². The smallest absolute Gasteiger partial charge is 0.147 e. The highest BCUT2D eigenvalue weighted by Crippen LogP contribution is 2.46. The van der Waals surface area contributed by atoms with Crippen molar-refractivity contribution in [2.45, 2.75) is 25.7 Å². The van der Waals surface area contributed by atoms with Gasteiger partial charge >= 0.3 is 0 Å². The number of nitrogens with zero attached hydrogens (tertiary/aromatic N) is 1. The zero-order valence-corrected chi connectivity index (χ0v) is 10.5. The third kappa shape index (κ3) is 1.51. The summed E-state index contributed by atoms with van der Waals surface area (Å²) in [5.74, 6) is 1.64. The van der Waals surface area contributed by atoms with Crippen LogP contribution in [0.2, 0.25) is 0 Å². The Morgan fingerprint density at radius 1 is 1.06 bits per heavy atom. The van der Waals surface area contributed by atoms with E-state index in [0.717, 1.165) is 60.6 Å². The van der Waals surface area contributed by atoms with Gasteiger partial charge in [0.15, 0.2) is 0 Å². The highest BCUT2D eigenvalue weighted by atomic mass is 16.5. The fourth-order valence-corrected chi connectivity index (χ4v) is 2.83. The zero-order valence-electron chi connectivity index (χ0n) is 10.5. The molecular weight excluding hydrogens is 228 g/mol.